The van der Waals surface area contributed by atoms with Crippen molar-refractivity contribution in [3.05, 3.63) is 41.1 Å². The van der Waals surface area contributed by atoms with E-state index in [9.17, 15) is 4.79 Å². The van der Waals surface area contributed by atoms with E-state index < -0.39 is 0 Å². The van der Waals surface area contributed by atoms with Crippen molar-refractivity contribution in [2.75, 3.05) is 43.1 Å². The number of hydrogen-bond acceptors (Lipinski definition) is 6. The number of hydrogen-bond donors (Lipinski definition) is 1. The van der Waals surface area contributed by atoms with Gasteiger partial charge in [0.05, 0.1) is 12.8 Å². The number of imidazole rings is 1. The zero-order valence-electron chi connectivity index (χ0n) is 15.0. The molecule has 0 unspecified atom stereocenters. The molecular weight excluding hydrogens is 332 g/mol. The predicted molar refractivity (Wildman–Crippen MR) is 101 cm³/mol. The largest absolute Gasteiger partial charge is 0.495 e. The third-order valence-corrected chi connectivity index (χ3v) is 4.86. The maximum Gasteiger partial charge on any atom is 0.327 e. The number of para-hydroxylation sites is 2. The van der Waals surface area contributed by atoms with Crippen LogP contribution in [0.25, 0.3) is 11.2 Å². The van der Waals surface area contributed by atoms with Crippen molar-refractivity contribution >= 4 is 22.7 Å². The number of fused-ring (bicyclic) bond motifs is 1. The van der Waals surface area contributed by atoms with E-state index >= 15 is 0 Å². The smallest absolute Gasteiger partial charge is 0.327 e. The van der Waals surface area contributed by atoms with Gasteiger partial charge < -0.3 is 19.5 Å². The highest BCUT2D eigenvalue weighted by molar-refractivity contribution is 5.83. The van der Waals surface area contributed by atoms with Crippen LogP contribution in [0, 0.1) is 0 Å². The first-order valence-corrected chi connectivity index (χ1v) is 8.79. The van der Waals surface area contributed by atoms with Crippen molar-refractivity contribution < 1.29 is 4.74 Å². The highest BCUT2D eigenvalue weighted by atomic mass is 16.5. The first-order chi connectivity index (χ1) is 12.7. The van der Waals surface area contributed by atoms with Crippen molar-refractivity contribution in [3.63, 3.8) is 0 Å². The summed E-state index contributed by atoms with van der Waals surface area (Å²) in [5.74, 6) is 1.67. The first-order valence-electron chi connectivity index (χ1n) is 8.79. The summed E-state index contributed by atoms with van der Waals surface area (Å²) in [7, 11) is 1.70. The van der Waals surface area contributed by atoms with Crippen LogP contribution >= 0.6 is 0 Å². The molecule has 0 amide bonds. The quantitative estimate of drug-likeness (QED) is 0.764. The Balaban J connectivity index is 1.59. The first kappa shape index (κ1) is 16.4. The normalized spacial score (nSPS) is 14.8. The average Bonchev–Trinajstić information content (AvgIpc) is 3.03. The molecule has 8 heteroatoms. The Morgan fingerprint density at radius 2 is 1.85 bits per heavy atom. The number of nitrogens with zero attached hydrogens (tertiary/aromatic N) is 5. The Labute approximate surface area is 151 Å². The fourth-order valence-corrected chi connectivity index (χ4v) is 3.54. The van der Waals surface area contributed by atoms with Gasteiger partial charge in [0.25, 0.3) is 0 Å². The molecule has 1 aliphatic heterocycles. The van der Waals surface area contributed by atoms with Gasteiger partial charge in [-0.25, -0.2) is 14.8 Å². The number of ether oxygens (including phenoxy) is 1. The molecule has 1 aromatic carbocycles. The van der Waals surface area contributed by atoms with Crippen molar-refractivity contribution in [1.29, 1.82) is 0 Å². The van der Waals surface area contributed by atoms with Gasteiger partial charge in [-0.1, -0.05) is 12.1 Å². The van der Waals surface area contributed by atoms with Crippen LogP contribution in [0.5, 0.6) is 5.75 Å². The summed E-state index contributed by atoms with van der Waals surface area (Å²) in [4.78, 5) is 28.3. The zero-order valence-corrected chi connectivity index (χ0v) is 15.0. The minimum absolute atomic E-state index is 0.142. The lowest BCUT2D eigenvalue weighted by Gasteiger charge is -2.37. The monoisotopic (exact) mass is 354 g/mol. The van der Waals surface area contributed by atoms with Crippen LogP contribution in [0.1, 0.15) is 6.92 Å². The maximum atomic E-state index is 12.1. The van der Waals surface area contributed by atoms with E-state index in [1.54, 1.807) is 11.7 Å². The Morgan fingerprint density at radius 3 is 2.58 bits per heavy atom. The van der Waals surface area contributed by atoms with Gasteiger partial charge in [0.2, 0.25) is 0 Å². The molecule has 1 aliphatic rings. The Morgan fingerprint density at radius 1 is 1.12 bits per heavy atom. The highest BCUT2D eigenvalue weighted by Crippen LogP contribution is 2.29. The molecule has 8 nitrogen and oxygen atoms in total. The SMILES string of the molecule is CCn1c(=O)[nH]c2c(N3CCN(c4ccccc4OC)CC3)ncnc21. The second kappa shape index (κ2) is 6.70. The van der Waals surface area contributed by atoms with Gasteiger partial charge in [0.1, 0.15) is 17.6 Å². The van der Waals surface area contributed by atoms with E-state index in [1.165, 1.54) is 6.33 Å². The maximum absolute atomic E-state index is 12.1. The average molecular weight is 354 g/mol. The lowest BCUT2D eigenvalue weighted by atomic mass is 10.2. The molecule has 3 heterocycles. The molecule has 1 saturated heterocycles. The lowest BCUT2D eigenvalue weighted by Crippen LogP contribution is -2.47. The van der Waals surface area contributed by atoms with Crippen LogP contribution < -0.4 is 20.2 Å². The molecule has 0 radical (unpaired) electrons. The van der Waals surface area contributed by atoms with Gasteiger partial charge >= 0.3 is 5.69 Å². The van der Waals surface area contributed by atoms with Crippen LogP contribution in [-0.4, -0.2) is 52.8 Å². The summed E-state index contributed by atoms with van der Waals surface area (Å²) in [6.45, 7) is 5.83. The third kappa shape index (κ3) is 2.67. The van der Waals surface area contributed by atoms with E-state index in [-0.39, 0.29) is 5.69 Å². The predicted octanol–water partition coefficient (Wildman–Crippen LogP) is 1.47. The van der Waals surface area contributed by atoms with Crippen LogP contribution in [0.3, 0.4) is 0 Å². The number of rotatable bonds is 4. The molecule has 1 N–H and O–H groups in total. The molecule has 0 spiro atoms. The molecular formula is C18H22N6O2. The topological polar surface area (TPSA) is 79.3 Å². The minimum atomic E-state index is -0.142. The molecule has 3 aromatic rings. The second-order valence-electron chi connectivity index (χ2n) is 6.22. The molecule has 4 rings (SSSR count). The minimum Gasteiger partial charge on any atom is -0.495 e. The van der Waals surface area contributed by atoms with Gasteiger partial charge in [0, 0.05) is 32.7 Å². The fraction of sp³-hybridized carbons (Fsp3) is 0.389. The van der Waals surface area contributed by atoms with E-state index in [0.717, 1.165) is 43.4 Å². The van der Waals surface area contributed by atoms with E-state index in [2.05, 4.69) is 30.8 Å². The molecule has 0 bridgehead atoms. The number of methoxy groups -OCH3 is 1. The third-order valence-electron chi connectivity index (χ3n) is 4.86. The van der Waals surface area contributed by atoms with E-state index in [4.69, 9.17) is 4.74 Å². The van der Waals surface area contributed by atoms with Gasteiger partial charge in [-0.3, -0.25) is 4.57 Å². The Kier molecular flexibility index (Phi) is 4.24. The summed E-state index contributed by atoms with van der Waals surface area (Å²) in [6, 6.07) is 8.06. The molecule has 0 aliphatic carbocycles. The number of anilines is 2. The number of nitrogens with one attached hydrogen (secondary N) is 1. The van der Waals surface area contributed by atoms with Crippen molar-refractivity contribution in [1.82, 2.24) is 19.5 Å². The van der Waals surface area contributed by atoms with Crippen molar-refractivity contribution in [2.45, 2.75) is 13.5 Å². The van der Waals surface area contributed by atoms with Crippen LogP contribution in [0.15, 0.2) is 35.4 Å². The molecule has 136 valence electrons. The zero-order chi connectivity index (χ0) is 18.1. The van der Waals surface area contributed by atoms with Gasteiger partial charge in [-0.15, -0.1) is 0 Å². The van der Waals surface area contributed by atoms with E-state index in [1.807, 2.05) is 25.1 Å². The number of benzene rings is 1. The number of aryl methyl sites for hydroxylation is 1. The van der Waals surface area contributed by atoms with Crippen LogP contribution in [-0.2, 0) is 6.54 Å². The molecule has 26 heavy (non-hydrogen) atoms. The number of aromatic nitrogens is 4. The number of aromatic amines is 1. The molecule has 0 saturated carbocycles. The lowest BCUT2D eigenvalue weighted by molar-refractivity contribution is 0.413. The van der Waals surface area contributed by atoms with Crippen LogP contribution in [0.4, 0.5) is 11.5 Å². The fourth-order valence-electron chi connectivity index (χ4n) is 3.54. The van der Waals surface area contributed by atoms with Gasteiger partial charge in [-0.05, 0) is 19.1 Å². The van der Waals surface area contributed by atoms with E-state index in [0.29, 0.717) is 17.7 Å². The Hall–Kier alpha value is -3.03. The highest BCUT2D eigenvalue weighted by Gasteiger charge is 2.23. The molecule has 1 fully saturated rings. The van der Waals surface area contributed by atoms with Crippen molar-refractivity contribution in [2.24, 2.45) is 0 Å². The Bertz CT molecular complexity index is 971. The summed E-state index contributed by atoms with van der Waals surface area (Å²) in [6.07, 6.45) is 1.53. The van der Waals surface area contributed by atoms with Gasteiger partial charge in [-0.2, -0.15) is 0 Å². The van der Waals surface area contributed by atoms with Gasteiger partial charge in [0.15, 0.2) is 11.5 Å². The number of H-pyrrole nitrogens is 1. The van der Waals surface area contributed by atoms with Crippen LogP contribution in [0.2, 0.25) is 0 Å². The van der Waals surface area contributed by atoms with Crippen molar-refractivity contribution in [3.8, 4) is 5.75 Å². The summed E-state index contributed by atoms with van der Waals surface area (Å²) in [5, 5.41) is 0. The molecule has 2 aromatic heterocycles. The summed E-state index contributed by atoms with van der Waals surface area (Å²) in [5.41, 5.74) is 2.34. The standard InChI is InChI=1S/C18H22N6O2/c1-3-24-17-15(21-18(24)25)16(19-12-20-17)23-10-8-22(9-11-23)13-6-4-5-7-14(13)26-2/h4-7,12H,3,8-11H2,1-2H3,(H,21,25). The number of piperazine rings is 1. The summed E-state index contributed by atoms with van der Waals surface area (Å²) < 4.78 is 7.11. The summed E-state index contributed by atoms with van der Waals surface area (Å²) >= 11 is 0. The second-order valence-corrected chi connectivity index (χ2v) is 6.22. The molecule has 0 atom stereocenters.